The lowest BCUT2D eigenvalue weighted by Gasteiger charge is -2.32. The van der Waals surface area contributed by atoms with Gasteiger partial charge in [0.25, 0.3) is 5.91 Å². The van der Waals surface area contributed by atoms with Crippen molar-refractivity contribution in [3.63, 3.8) is 0 Å². The van der Waals surface area contributed by atoms with Crippen LogP contribution in [0, 0.1) is 0 Å². The van der Waals surface area contributed by atoms with Gasteiger partial charge in [0.05, 0.1) is 11.8 Å². The van der Waals surface area contributed by atoms with Gasteiger partial charge in [-0.15, -0.1) is 0 Å². The van der Waals surface area contributed by atoms with Crippen LogP contribution in [0.25, 0.3) is 5.52 Å². The molecule has 4 rings (SSSR count). The predicted octanol–water partition coefficient (Wildman–Crippen LogP) is 0.841. The number of amides is 1. The number of rotatable bonds is 7. The van der Waals surface area contributed by atoms with Gasteiger partial charge < -0.3 is 19.5 Å². The Balaban J connectivity index is 1.42. The number of carbonyl (C=O) groups is 1. The second kappa shape index (κ2) is 9.86. The zero-order chi connectivity index (χ0) is 22.7. The molecular formula is C22H34N6O3S. The highest BCUT2D eigenvalue weighted by Crippen LogP contribution is 2.29. The Labute approximate surface area is 190 Å². The molecule has 176 valence electrons. The molecule has 2 saturated heterocycles. The Morgan fingerprint density at radius 2 is 1.97 bits per heavy atom. The maximum Gasteiger partial charge on any atom is 0.272 e. The molecule has 10 heteroatoms. The Morgan fingerprint density at radius 1 is 1.19 bits per heavy atom. The molecule has 0 bridgehead atoms. The summed E-state index contributed by atoms with van der Waals surface area (Å²) in [6, 6.07) is 5.70. The van der Waals surface area contributed by atoms with Crippen LogP contribution in [0.1, 0.15) is 41.5 Å². The third-order valence-corrected chi connectivity index (χ3v) is 7.81. The van der Waals surface area contributed by atoms with Crippen molar-refractivity contribution >= 4 is 21.4 Å². The minimum atomic E-state index is -3.25. The largest absolute Gasteiger partial charge is 0.351 e. The second-order valence-corrected chi connectivity index (χ2v) is 11.0. The number of imidazole rings is 1. The monoisotopic (exact) mass is 462 g/mol. The number of carbonyl (C=O) groups excluding carboxylic acids is 1. The lowest BCUT2D eigenvalue weighted by Crippen LogP contribution is -2.45. The summed E-state index contributed by atoms with van der Waals surface area (Å²) in [7, 11) is -1.10. The van der Waals surface area contributed by atoms with Crippen molar-refractivity contribution < 1.29 is 13.2 Å². The second-order valence-electron chi connectivity index (χ2n) is 8.99. The first-order valence-electron chi connectivity index (χ1n) is 11.4. The van der Waals surface area contributed by atoms with Crippen molar-refractivity contribution in [2.45, 2.75) is 25.2 Å². The molecule has 0 radical (unpaired) electrons. The summed E-state index contributed by atoms with van der Waals surface area (Å²) >= 11 is 0. The number of hydrogen-bond acceptors (Lipinski definition) is 6. The van der Waals surface area contributed by atoms with Crippen LogP contribution >= 0.6 is 0 Å². The molecule has 0 aromatic carbocycles. The number of fused-ring (bicyclic) bond motifs is 1. The maximum atomic E-state index is 13.0. The highest BCUT2D eigenvalue weighted by Gasteiger charge is 2.30. The number of piperidine rings is 1. The highest BCUT2D eigenvalue weighted by molar-refractivity contribution is 7.88. The lowest BCUT2D eigenvalue weighted by molar-refractivity contribution is 0.0946. The summed E-state index contributed by atoms with van der Waals surface area (Å²) < 4.78 is 27.5. The Hall–Kier alpha value is -2.01. The van der Waals surface area contributed by atoms with Gasteiger partial charge in [0.15, 0.2) is 5.69 Å². The smallest absolute Gasteiger partial charge is 0.272 e. The van der Waals surface area contributed by atoms with Gasteiger partial charge in [-0.3, -0.25) is 4.79 Å². The average Bonchev–Trinajstić information content (AvgIpc) is 3.17. The molecule has 9 nitrogen and oxygen atoms in total. The van der Waals surface area contributed by atoms with Crippen LogP contribution in [0.3, 0.4) is 0 Å². The van der Waals surface area contributed by atoms with E-state index in [0.717, 1.165) is 63.3 Å². The van der Waals surface area contributed by atoms with Crippen LogP contribution in [0.5, 0.6) is 0 Å². The number of sulfonamides is 1. The summed E-state index contributed by atoms with van der Waals surface area (Å²) in [6.45, 7) is 6.86. The first kappa shape index (κ1) is 23.2. The molecule has 0 spiro atoms. The van der Waals surface area contributed by atoms with Gasteiger partial charge in [-0.2, -0.15) is 0 Å². The highest BCUT2D eigenvalue weighted by atomic mass is 32.2. The number of nitrogens with zero attached hydrogens (tertiary/aromatic N) is 5. The molecule has 0 unspecified atom stereocenters. The van der Waals surface area contributed by atoms with Crippen molar-refractivity contribution in [3.05, 3.63) is 35.9 Å². The Bertz CT molecular complexity index is 1050. The van der Waals surface area contributed by atoms with Crippen LogP contribution in [-0.4, -0.2) is 103 Å². The zero-order valence-electron chi connectivity index (χ0n) is 19.0. The molecule has 4 heterocycles. The minimum Gasteiger partial charge on any atom is -0.351 e. The van der Waals surface area contributed by atoms with E-state index in [1.807, 2.05) is 28.8 Å². The van der Waals surface area contributed by atoms with Crippen molar-refractivity contribution in [1.29, 1.82) is 0 Å². The van der Waals surface area contributed by atoms with Crippen LogP contribution in [0.2, 0.25) is 0 Å². The molecule has 2 aliphatic rings. The summed E-state index contributed by atoms with van der Waals surface area (Å²) in [4.78, 5) is 22.5. The average molecular weight is 463 g/mol. The summed E-state index contributed by atoms with van der Waals surface area (Å²) in [5.41, 5.74) is 1.17. The van der Waals surface area contributed by atoms with Crippen LogP contribution in [0.4, 0.5) is 0 Å². The fourth-order valence-electron chi connectivity index (χ4n) is 4.63. The number of pyridine rings is 1. The topological polar surface area (TPSA) is 90.3 Å². The summed E-state index contributed by atoms with van der Waals surface area (Å²) in [5.74, 6) is 0.554. The Morgan fingerprint density at radius 3 is 2.72 bits per heavy atom. The predicted molar refractivity (Wildman–Crippen MR) is 124 cm³/mol. The molecule has 2 aliphatic heterocycles. The quantitative estimate of drug-likeness (QED) is 0.614. The third kappa shape index (κ3) is 5.31. The van der Waals surface area contributed by atoms with Gasteiger partial charge in [0, 0.05) is 57.9 Å². The summed E-state index contributed by atoms with van der Waals surface area (Å²) in [5, 5.41) is 3.03. The summed E-state index contributed by atoms with van der Waals surface area (Å²) in [6.07, 6.45) is 5.70. The molecule has 1 N–H and O–H groups in total. The molecule has 32 heavy (non-hydrogen) atoms. The van der Waals surface area contributed by atoms with E-state index >= 15 is 0 Å². The standard InChI is InChI=1S/C22H34N6O3S/c1-25-13-15-26(16-14-25)10-6-9-23-22(29)20-19-8-3-4-12-28(19)21(24-20)18-7-5-11-27(17-18)32(2,30)31/h3-4,8,12,18H,5-7,9-11,13-17H2,1-2H3,(H,23,29)/t18-/m1/s1. The van der Waals surface area contributed by atoms with Crippen molar-refractivity contribution in [3.8, 4) is 0 Å². The molecule has 1 atom stereocenters. The van der Waals surface area contributed by atoms with E-state index in [2.05, 4.69) is 22.2 Å². The first-order chi connectivity index (χ1) is 15.3. The number of aromatic nitrogens is 2. The van der Waals surface area contributed by atoms with Crippen LogP contribution < -0.4 is 5.32 Å². The van der Waals surface area contributed by atoms with Crippen molar-refractivity contribution in [1.82, 2.24) is 28.8 Å². The van der Waals surface area contributed by atoms with Gasteiger partial charge in [-0.05, 0) is 45.0 Å². The van der Waals surface area contributed by atoms with E-state index in [0.29, 0.717) is 25.3 Å². The fraction of sp³-hybridized carbons (Fsp3) is 0.636. The van der Waals surface area contributed by atoms with Gasteiger partial charge in [0.2, 0.25) is 10.0 Å². The van der Waals surface area contributed by atoms with Gasteiger partial charge in [-0.1, -0.05) is 6.07 Å². The number of nitrogens with one attached hydrogen (secondary N) is 1. The molecule has 1 amide bonds. The van der Waals surface area contributed by atoms with E-state index in [9.17, 15) is 13.2 Å². The molecular weight excluding hydrogens is 428 g/mol. The maximum absolute atomic E-state index is 13.0. The zero-order valence-corrected chi connectivity index (χ0v) is 19.9. The lowest BCUT2D eigenvalue weighted by atomic mass is 9.99. The molecule has 0 aliphatic carbocycles. The molecule has 2 fully saturated rings. The van der Waals surface area contributed by atoms with E-state index in [-0.39, 0.29) is 11.8 Å². The first-order valence-corrected chi connectivity index (χ1v) is 13.3. The third-order valence-electron chi connectivity index (χ3n) is 6.54. The number of hydrogen-bond donors (Lipinski definition) is 1. The van der Waals surface area contributed by atoms with Crippen molar-refractivity contribution in [2.24, 2.45) is 0 Å². The van der Waals surface area contributed by atoms with E-state index in [4.69, 9.17) is 4.98 Å². The van der Waals surface area contributed by atoms with Crippen LogP contribution in [0.15, 0.2) is 24.4 Å². The van der Waals surface area contributed by atoms with Gasteiger partial charge >= 0.3 is 0 Å². The van der Waals surface area contributed by atoms with E-state index in [1.165, 1.54) is 10.6 Å². The molecule has 0 saturated carbocycles. The molecule has 2 aromatic heterocycles. The SMILES string of the molecule is CN1CCN(CCCNC(=O)c2nc([C@@H]3CCCN(S(C)(=O)=O)C3)n3ccccc23)CC1. The number of piperazine rings is 1. The van der Waals surface area contributed by atoms with E-state index in [1.54, 1.807) is 0 Å². The van der Waals surface area contributed by atoms with Gasteiger partial charge in [-0.25, -0.2) is 17.7 Å². The van der Waals surface area contributed by atoms with E-state index < -0.39 is 10.0 Å². The van der Waals surface area contributed by atoms with Gasteiger partial charge in [0.1, 0.15) is 5.82 Å². The number of likely N-dealkylation sites (N-methyl/N-ethyl adjacent to an activating group) is 1. The minimum absolute atomic E-state index is 0.0350. The normalized spacial score (nSPS) is 21.8. The Kier molecular flexibility index (Phi) is 7.14. The molecule has 2 aromatic rings. The van der Waals surface area contributed by atoms with Crippen LogP contribution in [-0.2, 0) is 10.0 Å². The fourth-order valence-corrected chi connectivity index (χ4v) is 5.54. The van der Waals surface area contributed by atoms with Crippen molar-refractivity contribution in [2.75, 3.05) is 65.7 Å².